The van der Waals surface area contributed by atoms with Crippen molar-refractivity contribution in [1.29, 1.82) is 0 Å². The zero-order valence-electron chi connectivity index (χ0n) is 10.6. The lowest BCUT2D eigenvalue weighted by Crippen LogP contribution is -2.30. The van der Waals surface area contributed by atoms with E-state index in [2.05, 4.69) is 9.97 Å². The molecule has 2 aromatic rings. The van der Waals surface area contributed by atoms with Crippen molar-refractivity contribution in [2.24, 2.45) is 0 Å². The molecule has 0 aliphatic rings. The normalized spacial score (nSPS) is 10.2. The Balaban J connectivity index is 2.16. The Morgan fingerprint density at radius 3 is 2.63 bits per heavy atom. The van der Waals surface area contributed by atoms with Gasteiger partial charge in [-0.3, -0.25) is 9.78 Å². The number of carbonyl (C=O) groups excluding carboxylic acids is 1. The van der Waals surface area contributed by atoms with Gasteiger partial charge in [0.05, 0.1) is 0 Å². The first-order valence-corrected chi connectivity index (χ1v) is 6.00. The Hall–Kier alpha value is -2.30. The van der Waals surface area contributed by atoms with Crippen LogP contribution < -0.4 is 0 Å². The lowest BCUT2D eigenvalue weighted by atomic mass is 10.2. The summed E-state index contributed by atoms with van der Waals surface area (Å²) in [6.45, 7) is 2.91. The molecule has 0 atom stereocenters. The van der Waals surface area contributed by atoms with Crippen molar-refractivity contribution in [2.45, 2.75) is 13.5 Å². The Labute approximate surface area is 110 Å². The fourth-order valence-electron chi connectivity index (χ4n) is 1.75. The van der Waals surface area contributed by atoms with Gasteiger partial charge < -0.3 is 4.90 Å². The van der Waals surface area contributed by atoms with E-state index in [1.807, 2.05) is 19.1 Å². The van der Waals surface area contributed by atoms with Crippen LogP contribution in [0, 0.1) is 5.95 Å². The van der Waals surface area contributed by atoms with Crippen LogP contribution in [0.2, 0.25) is 0 Å². The molecule has 0 aliphatic carbocycles. The number of aromatic nitrogens is 2. The minimum absolute atomic E-state index is 0.208. The number of carbonyl (C=O) groups is 1. The zero-order valence-corrected chi connectivity index (χ0v) is 10.6. The molecule has 0 aliphatic heterocycles. The lowest BCUT2D eigenvalue weighted by Gasteiger charge is -2.20. The van der Waals surface area contributed by atoms with Gasteiger partial charge in [0.1, 0.15) is 0 Å². The van der Waals surface area contributed by atoms with E-state index in [4.69, 9.17) is 0 Å². The summed E-state index contributed by atoms with van der Waals surface area (Å²) < 4.78 is 13.0. The van der Waals surface area contributed by atoms with E-state index < -0.39 is 5.95 Å². The highest BCUT2D eigenvalue weighted by molar-refractivity contribution is 5.94. The first kappa shape index (κ1) is 13.1. The second-order valence-electron chi connectivity index (χ2n) is 4.04. The van der Waals surface area contributed by atoms with Crippen LogP contribution in [-0.4, -0.2) is 27.3 Å². The Kier molecular flexibility index (Phi) is 4.18. The van der Waals surface area contributed by atoms with Gasteiger partial charge in [-0.25, -0.2) is 4.98 Å². The number of hydrogen-bond acceptors (Lipinski definition) is 3. The van der Waals surface area contributed by atoms with E-state index in [-0.39, 0.29) is 5.91 Å². The minimum atomic E-state index is -0.647. The molecule has 98 valence electrons. The van der Waals surface area contributed by atoms with Crippen molar-refractivity contribution in [2.75, 3.05) is 6.54 Å². The Bertz CT molecular complexity index is 560. The smallest absolute Gasteiger partial charge is 0.254 e. The third-order valence-electron chi connectivity index (χ3n) is 2.77. The third-order valence-corrected chi connectivity index (χ3v) is 2.77. The van der Waals surface area contributed by atoms with Crippen LogP contribution in [0.5, 0.6) is 0 Å². The van der Waals surface area contributed by atoms with Crippen molar-refractivity contribution in [3.05, 3.63) is 59.9 Å². The molecular weight excluding hydrogens is 245 g/mol. The van der Waals surface area contributed by atoms with E-state index in [0.717, 1.165) is 11.6 Å². The summed E-state index contributed by atoms with van der Waals surface area (Å²) in [7, 11) is 0. The minimum Gasteiger partial charge on any atom is -0.335 e. The van der Waals surface area contributed by atoms with Gasteiger partial charge in [0.2, 0.25) is 5.95 Å². The van der Waals surface area contributed by atoms with E-state index >= 15 is 0 Å². The van der Waals surface area contributed by atoms with Gasteiger partial charge in [0, 0.05) is 43.3 Å². The number of rotatable bonds is 4. The molecule has 2 heterocycles. The standard InChI is InChI=1S/C14H14FN3O/c1-2-18(10-11-3-6-16-7-4-11)14(19)12-5-8-17-13(15)9-12/h3-9H,2,10H2,1H3. The molecule has 1 amide bonds. The summed E-state index contributed by atoms with van der Waals surface area (Å²) in [5.74, 6) is -0.855. The molecule has 0 bridgehead atoms. The summed E-state index contributed by atoms with van der Waals surface area (Å²) in [5, 5.41) is 0. The predicted octanol–water partition coefficient (Wildman–Crippen LogP) is 2.28. The number of hydrogen-bond donors (Lipinski definition) is 0. The molecule has 0 radical (unpaired) electrons. The molecule has 0 saturated carbocycles. The van der Waals surface area contributed by atoms with Gasteiger partial charge >= 0.3 is 0 Å². The molecule has 19 heavy (non-hydrogen) atoms. The molecule has 0 spiro atoms. The Morgan fingerprint density at radius 2 is 2.00 bits per heavy atom. The van der Waals surface area contributed by atoms with E-state index in [0.29, 0.717) is 18.7 Å². The maximum absolute atomic E-state index is 13.0. The number of amides is 1. The fraction of sp³-hybridized carbons (Fsp3) is 0.214. The van der Waals surface area contributed by atoms with Gasteiger partial charge in [-0.15, -0.1) is 0 Å². The van der Waals surface area contributed by atoms with Crippen molar-refractivity contribution in [1.82, 2.24) is 14.9 Å². The topological polar surface area (TPSA) is 46.1 Å². The summed E-state index contributed by atoms with van der Waals surface area (Å²) in [6.07, 6.45) is 4.66. The monoisotopic (exact) mass is 259 g/mol. The lowest BCUT2D eigenvalue weighted by molar-refractivity contribution is 0.0752. The highest BCUT2D eigenvalue weighted by Crippen LogP contribution is 2.09. The van der Waals surface area contributed by atoms with E-state index in [9.17, 15) is 9.18 Å². The van der Waals surface area contributed by atoms with Crippen molar-refractivity contribution < 1.29 is 9.18 Å². The van der Waals surface area contributed by atoms with Crippen LogP contribution >= 0.6 is 0 Å². The molecular formula is C14H14FN3O. The van der Waals surface area contributed by atoms with Crippen molar-refractivity contribution in [3.8, 4) is 0 Å². The highest BCUT2D eigenvalue weighted by Gasteiger charge is 2.15. The molecule has 0 unspecified atom stereocenters. The zero-order chi connectivity index (χ0) is 13.7. The first-order valence-electron chi connectivity index (χ1n) is 6.00. The quantitative estimate of drug-likeness (QED) is 0.791. The predicted molar refractivity (Wildman–Crippen MR) is 68.8 cm³/mol. The molecule has 0 aromatic carbocycles. The first-order chi connectivity index (χ1) is 9.20. The average molecular weight is 259 g/mol. The number of pyridine rings is 2. The second-order valence-corrected chi connectivity index (χ2v) is 4.04. The van der Waals surface area contributed by atoms with Crippen LogP contribution in [0.25, 0.3) is 0 Å². The van der Waals surface area contributed by atoms with Gasteiger partial charge in [0.25, 0.3) is 5.91 Å². The molecule has 0 saturated heterocycles. The number of halogens is 1. The summed E-state index contributed by atoms with van der Waals surface area (Å²) >= 11 is 0. The maximum atomic E-state index is 13.0. The third kappa shape index (κ3) is 3.34. The van der Waals surface area contributed by atoms with E-state index in [1.54, 1.807) is 17.3 Å². The largest absolute Gasteiger partial charge is 0.335 e. The van der Waals surface area contributed by atoms with Gasteiger partial charge in [0.15, 0.2) is 0 Å². The van der Waals surface area contributed by atoms with Crippen LogP contribution in [0.4, 0.5) is 4.39 Å². The molecule has 0 fully saturated rings. The van der Waals surface area contributed by atoms with Crippen molar-refractivity contribution in [3.63, 3.8) is 0 Å². The molecule has 2 aromatic heterocycles. The summed E-state index contributed by atoms with van der Waals surface area (Å²) in [6, 6.07) is 6.37. The Morgan fingerprint density at radius 1 is 1.26 bits per heavy atom. The second kappa shape index (κ2) is 6.04. The van der Waals surface area contributed by atoms with E-state index in [1.165, 1.54) is 12.3 Å². The van der Waals surface area contributed by atoms with Crippen LogP contribution in [0.3, 0.4) is 0 Å². The maximum Gasteiger partial charge on any atom is 0.254 e. The van der Waals surface area contributed by atoms with Gasteiger partial charge in [-0.2, -0.15) is 4.39 Å². The SMILES string of the molecule is CCN(Cc1ccncc1)C(=O)c1ccnc(F)c1. The highest BCUT2D eigenvalue weighted by atomic mass is 19.1. The van der Waals surface area contributed by atoms with Gasteiger partial charge in [-0.05, 0) is 30.7 Å². The molecule has 2 rings (SSSR count). The molecule has 4 nitrogen and oxygen atoms in total. The summed E-state index contributed by atoms with van der Waals surface area (Å²) in [4.78, 5) is 21.3. The molecule has 5 heteroatoms. The fourth-order valence-corrected chi connectivity index (χ4v) is 1.75. The van der Waals surface area contributed by atoms with Crippen molar-refractivity contribution >= 4 is 5.91 Å². The summed E-state index contributed by atoms with van der Waals surface area (Å²) in [5.41, 5.74) is 1.29. The van der Waals surface area contributed by atoms with Crippen LogP contribution in [0.15, 0.2) is 42.9 Å². The number of nitrogens with zero attached hydrogens (tertiary/aromatic N) is 3. The molecule has 0 N–H and O–H groups in total. The van der Waals surface area contributed by atoms with Crippen LogP contribution in [0.1, 0.15) is 22.8 Å². The van der Waals surface area contributed by atoms with Crippen LogP contribution in [-0.2, 0) is 6.54 Å². The van der Waals surface area contributed by atoms with Gasteiger partial charge in [-0.1, -0.05) is 0 Å². The average Bonchev–Trinajstić information content (AvgIpc) is 2.45.